The van der Waals surface area contributed by atoms with Crippen LogP contribution in [0.1, 0.15) is 12.7 Å². The van der Waals surface area contributed by atoms with Gasteiger partial charge in [0.25, 0.3) is 0 Å². The maximum Gasteiger partial charge on any atom is 0.433 e. The molecule has 1 aromatic heterocycles. The predicted molar refractivity (Wildman–Crippen MR) is 51.7 cm³/mol. The molecule has 2 amide bonds. The van der Waals surface area contributed by atoms with Gasteiger partial charge in [0.15, 0.2) is 0 Å². The third-order valence-electron chi connectivity index (χ3n) is 1.47. The minimum atomic E-state index is -0.704. The Morgan fingerprint density at radius 2 is 2.33 bits per heavy atom. The minimum absolute atomic E-state index is 0.271. The zero-order chi connectivity index (χ0) is 11.4. The first kappa shape index (κ1) is 10.8. The Kier molecular flexibility index (Phi) is 3.06. The van der Waals surface area contributed by atoms with Gasteiger partial charge in [-0.1, -0.05) is 0 Å². The summed E-state index contributed by atoms with van der Waals surface area (Å²) in [5.74, 6) is -0.0823. The van der Waals surface area contributed by atoms with Crippen LogP contribution in [0.3, 0.4) is 0 Å². The Bertz CT molecular complexity index is 421. The second kappa shape index (κ2) is 4.27. The van der Waals surface area contributed by atoms with Crippen LogP contribution in [0.15, 0.2) is 22.2 Å². The first-order chi connectivity index (χ1) is 6.99. The van der Waals surface area contributed by atoms with Crippen LogP contribution in [0.2, 0.25) is 0 Å². The van der Waals surface area contributed by atoms with E-state index in [1.807, 2.05) is 0 Å². The quantitative estimate of drug-likeness (QED) is 0.578. The third kappa shape index (κ3) is 3.14. The lowest BCUT2D eigenvalue weighted by atomic mass is 10.3. The molecule has 1 aromatic rings. The smallest absolute Gasteiger partial charge is 0.401 e. The fourth-order valence-corrected chi connectivity index (χ4v) is 0.962. The van der Waals surface area contributed by atoms with Gasteiger partial charge in [0.2, 0.25) is 0 Å². The highest BCUT2D eigenvalue weighted by Gasteiger charge is 2.10. The van der Waals surface area contributed by atoms with Crippen LogP contribution in [0, 0.1) is 10.1 Å². The van der Waals surface area contributed by atoms with Crippen molar-refractivity contribution in [2.75, 3.05) is 0 Å². The Balaban J connectivity index is 2.79. The van der Waals surface area contributed by atoms with Crippen LogP contribution in [-0.2, 0) is 0 Å². The Morgan fingerprint density at radius 1 is 1.67 bits per heavy atom. The highest BCUT2D eigenvalue weighted by molar-refractivity contribution is 5.74. The Morgan fingerprint density at radius 3 is 2.80 bits per heavy atom. The molecule has 0 radical (unpaired) electrons. The molecule has 7 nitrogen and oxygen atoms in total. The van der Waals surface area contributed by atoms with Crippen molar-refractivity contribution in [3.63, 3.8) is 0 Å². The van der Waals surface area contributed by atoms with Gasteiger partial charge < -0.3 is 15.5 Å². The molecular weight excluding hydrogens is 202 g/mol. The zero-order valence-electron chi connectivity index (χ0n) is 7.89. The van der Waals surface area contributed by atoms with Crippen LogP contribution in [-0.4, -0.2) is 11.0 Å². The molecule has 0 fully saturated rings. The minimum Gasteiger partial charge on any atom is -0.401 e. The number of allylic oxidation sites excluding steroid dienone is 1. The lowest BCUT2D eigenvalue weighted by Crippen LogP contribution is -2.27. The van der Waals surface area contributed by atoms with E-state index < -0.39 is 11.0 Å². The normalized spacial score (nSPS) is 11.1. The van der Waals surface area contributed by atoms with Crippen LogP contribution in [0.4, 0.5) is 10.7 Å². The molecule has 0 aromatic carbocycles. The van der Waals surface area contributed by atoms with Gasteiger partial charge in [-0.05, 0) is 13.0 Å². The number of hydrogen-bond acceptors (Lipinski definition) is 4. The zero-order valence-corrected chi connectivity index (χ0v) is 7.89. The summed E-state index contributed by atoms with van der Waals surface area (Å²) in [6.45, 7) is 1.58. The summed E-state index contributed by atoms with van der Waals surface area (Å²) < 4.78 is 4.83. The number of rotatable bonds is 3. The van der Waals surface area contributed by atoms with Crippen molar-refractivity contribution in [3.8, 4) is 0 Å². The molecule has 0 saturated carbocycles. The SMILES string of the molecule is CC(=Cc1ccc([N+](=O)[O-])o1)NC(N)=O. The first-order valence-electron chi connectivity index (χ1n) is 3.98. The number of carbonyl (C=O) groups is 1. The van der Waals surface area contributed by atoms with Crippen molar-refractivity contribution in [2.24, 2.45) is 5.73 Å². The largest absolute Gasteiger partial charge is 0.433 e. The third-order valence-corrected chi connectivity index (χ3v) is 1.47. The van der Waals surface area contributed by atoms with Crippen molar-refractivity contribution in [1.82, 2.24) is 5.32 Å². The summed E-state index contributed by atoms with van der Waals surface area (Å²) >= 11 is 0. The number of primary amides is 1. The molecule has 1 heterocycles. The average Bonchev–Trinajstić information content (AvgIpc) is 2.50. The number of urea groups is 1. The maximum absolute atomic E-state index is 10.4. The van der Waals surface area contributed by atoms with Gasteiger partial charge in [0.1, 0.15) is 10.7 Å². The maximum atomic E-state index is 10.4. The van der Waals surface area contributed by atoms with Gasteiger partial charge in [-0.3, -0.25) is 10.1 Å². The predicted octanol–water partition coefficient (Wildman–Crippen LogP) is 1.22. The van der Waals surface area contributed by atoms with Crippen molar-refractivity contribution in [1.29, 1.82) is 0 Å². The second-order valence-electron chi connectivity index (χ2n) is 2.75. The molecule has 0 aliphatic heterocycles. The van der Waals surface area contributed by atoms with E-state index in [2.05, 4.69) is 5.32 Å². The summed E-state index contributed by atoms with van der Waals surface area (Å²) in [7, 11) is 0. The fraction of sp³-hybridized carbons (Fsp3) is 0.125. The molecule has 15 heavy (non-hydrogen) atoms. The highest BCUT2D eigenvalue weighted by Crippen LogP contribution is 2.17. The monoisotopic (exact) mass is 211 g/mol. The summed E-state index contributed by atoms with van der Waals surface area (Å²) in [5.41, 5.74) is 5.31. The standard InChI is InChI=1S/C8H9N3O4/c1-5(10-8(9)12)4-6-2-3-7(15-6)11(13)14/h2-4H,1H3,(H3,9,10,12). The van der Waals surface area contributed by atoms with Crippen LogP contribution < -0.4 is 11.1 Å². The molecule has 0 aliphatic rings. The molecule has 0 bridgehead atoms. The van der Waals surface area contributed by atoms with Gasteiger partial charge in [-0.2, -0.15) is 0 Å². The summed E-state index contributed by atoms with van der Waals surface area (Å²) in [4.78, 5) is 20.1. The number of nitrogens with one attached hydrogen (secondary N) is 1. The highest BCUT2D eigenvalue weighted by atomic mass is 16.6. The van der Waals surface area contributed by atoms with Crippen LogP contribution in [0.5, 0.6) is 0 Å². The molecule has 0 unspecified atom stereocenters. The summed E-state index contributed by atoms with van der Waals surface area (Å²) in [5, 5.41) is 12.6. The molecule has 80 valence electrons. The van der Waals surface area contributed by atoms with Crippen molar-refractivity contribution >= 4 is 18.0 Å². The van der Waals surface area contributed by atoms with Gasteiger partial charge in [0, 0.05) is 11.8 Å². The van der Waals surface area contributed by atoms with Crippen molar-refractivity contribution < 1.29 is 14.1 Å². The molecule has 3 N–H and O–H groups in total. The van der Waals surface area contributed by atoms with Crippen molar-refractivity contribution in [3.05, 3.63) is 33.7 Å². The number of furan rings is 1. The van der Waals surface area contributed by atoms with E-state index in [9.17, 15) is 14.9 Å². The number of carbonyl (C=O) groups excluding carboxylic acids is 1. The van der Waals surface area contributed by atoms with E-state index in [0.717, 1.165) is 0 Å². The second-order valence-corrected chi connectivity index (χ2v) is 2.75. The number of hydrogen-bond donors (Lipinski definition) is 2. The Labute approximate surface area is 84.7 Å². The molecule has 1 rings (SSSR count). The number of amides is 2. The van der Waals surface area contributed by atoms with Gasteiger partial charge >= 0.3 is 11.9 Å². The van der Waals surface area contributed by atoms with E-state index in [1.165, 1.54) is 18.2 Å². The van der Waals surface area contributed by atoms with Gasteiger partial charge in [-0.15, -0.1) is 0 Å². The van der Waals surface area contributed by atoms with Crippen LogP contribution >= 0.6 is 0 Å². The lowest BCUT2D eigenvalue weighted by molar-refractivity contribution is -0.402. The van der Waals surface area contributed by atoms with Gasteiger partial charge in [0.05, 0.1) is 6.07 Å². The first-order valence-corrected chi connectivity index (χ1v) is 3.98. The van der Waals surface area contributed by atoms with E-state index in [-0.39, 0.29) is 11.6 Å². The van der Waals surface area contributed by atoms with Crippen molar-refractivity contribution in [2.45, 2.75) is 6.92 Å². The molecule has 0 atom stereocenters. The van der Waals surface area contributed by atoms with E-state index in [4.69, 9.17) is 10.2 Å². The number of nitrogens with two attached hydrogens (primary N) is 1. The van der Waals surface area contributed by atoms with E-state index in [0.29, 0.717) is 5.70 Å². The summed E-state index contributed by atoms with van der Waals surface area (Å²) in [6, 6.07) is 1.94. The lowest BCUT2D eigenvalue weighted by Gasteiger charge is -1.98. The summed E-state index contributed by atoms with van der Waals surface area (Å²) in [6.07, 6.45) is 1.43. The molecule has 0 spiro atoms. The molecular formula is C8H9N3O4. The molecule has 0 aliphatic carbocycles. The fourth-order valence-electron chi connectivity index (χ4n) is 0.962. The van der Waals surface area contributed by atoms with E-state index >= 15 is 0 Å². The van der Waals surface area contributed by atoms with Crippen LogP contribution in [0.25, 0.3) is 6.08 Å². The number of nitro groups is 1. The van der Waals surface area contributed by atoms with Gasteiger partial charge in [-0.25, -0.2) is 4.79 Å². The average molecular weight is 211 g/mol. The number of nitrogens with zero attached hydrogens (tertiary/aromatic N) is 1. The topological polar surface area (TPSA) is 111 Å². The Hall–Kier alpha value is -2.31. The molecule has 0 saturated heterocycles. The van der Waals surface area contributed by atoms with E-state index in [1.54, 1.807) is 6.92 Å². The molecule has 7 heteroatoms.